The lowest BCUT2D eigenvalue weighted by atomic mass is 10.2. The summed E-state index contributed by atoms with van der Waals surface area (Å²) in [5.74, 6) is 1.20. The maximum Gasteiger partial charge on any atom is 0.252 e. The molecule has 18 heavy (non-hydrogen) atoms. The maximum absolute atomic E-state index is 5.62. The molecular weight excluding hydrogens is 236 g/mol. The maximum atomic E-state index is 5.62. The number of ether oxygens (including phenoxy) is 2. The van der Waals surface area contributed by atoms with Gasteiger partial charge in [-0.05, 0) is 13.0 Å². The Kier molecular flexibility index (Phi) is 5.06. The summed E-state index contributed by atoms with van der Waals surface area (Å²) in [5, 5.41) is 3.93. The van der Waals surface area contributed by atoms with Crippen LogP contribution in [0.15, 0.2) is 4.52 Å². The Labute approximate surface area is 106 Å². The van der Waals surface area contributed by atoms with Gasteiger partial charge >= 0.3 is 0 Å². The molecule has 1 saturated heterocycles. The summed E-state index contributed by atoms with van der Waals surface area (Å²) < 4.78 is 15.6. The molecular formula is C11H20N4O3. The first-order valence-electron chi connectivity index (χ1n) is 6.16. The van der Waals surface area contributed by atoms with Crippen molar-refractivity contribution in [1.29, 1.82) is 0 Å². The fourth-order valence-electron chi connectivity index (χ4n) is 2.02. The van der Waals surface area contributed by atoms with Crippen LogP contribution >= 0.6 is 0 Å². The minimum Gasteiger partial charge on any atom is -0.376 e. The summed E-state index contributed by atoms with van der Waals surface area (Å²) in [6.07, 6.45) is 1.10. The van der Waals surface area contributed by atoms with Crippen LogP contribution in [-0.2, 0) is 22.6 Å². The number of hydrogen-bond donors (Lipinski definition) is 1. The van der Waals surface area contributed by atoms with E-state index in [0.29, 0.717) is 31.4 Å². The van der Waals surface area contributed by atoms with Crippen LogP contribution in [-0.4, -0.2) is 54.5 Å². The summed E-state index contributed by atoms with van der Waals surface area (Å²) in [7, 11) is 1.60. The van der Waals surface area contributed by atoms with Crippen LogP contribution in [0.25, 0.3) is 0 Å². The van der Waals surface area contributed by atoms with Gasteiger partial charge in [0, 0.05) is 20.2 Å². The van der Waals surface area contributed by atoms with Gasteiger partial charge in [0.25, 0.3) is 5.89 Å². The second-order valence-corrected chi connectivity index (χ2v) is 4.34. The molecule has 1 atom stereocenters. The molecule has 0 bridgehead atoms. The first kappa shape index (κ1) is 13.4. The molecule has 0 spiro atoms. The Morgan fingerprint density at radius 1 is 1.56 bits per heavy atom. The van der Waals surface area contributed by atoms with E-state index in [2.05, 4.69) is 15.0 Å². The van der Waals surface area contributed by atoms with Crippen LogP contribution in [0, 0.1) is 0 Å². The predicted molar refractivity (Wildman–Crippen MR) is 63.7 cm³/mol. The molecule has 0 unspecified atom stereocenters. The molecule has 2 heterocycles. The molecule has 2 N–H and O–H groups in total. The standard InChI is InChI=1S/C11H20N4O3/c1-16-8-11-13-10(14-18-11)7-15-4-5-17-9(6-15)2-3-12/h9H,2-8,12H2,1H3/t9-/m1/s1. The Balaban J connectivity index is 1.84. The number of hydrogen-bond acceptors (Lipinski definition) is 7. The van der Waals surface area contributed by atoms with Gasteiger partial charge in [-0.2, -0.15) is 4.98 Å². The fourth-order valence-corrected chi connectivity index (χ4v) is 2.02. The van der Waals surface area contributed by atoms with Gasteiger partial charge in [0.1, 0.15) is 6.61 Å². The van der Waals surface area contributed by atoms with Crippen molar-refractivity contribution in [3.63, 3.8) is 0 Å². The highest BCUT2D eigenvalue weighted by atomic mass is 16.5. The quantitative estimate of drug-likeness (QED) is 0.752. The number of rotatable bonds is 6. The Morgan fingerprint density at radius 3 is 3.22 bits per heavy atom. The smallest absolute Gasteiger partial charge is 0.252 e. The lowest BCUT2D eigenvalue weighted by Crippen LogP contribution is -2.42. The third-order valence-electron chi connectivity index (χ3n) is 2.85. The Hall–Kier alpha value is -1.02. The second kappa shape index (κ2) is 6.79. The first-order chi connectivity index (χ1) is 8.81. The van der Waals surface area contributed by atoms with Crippen molar-refractivity contribution in [2.75, 3.05) is 33.4 Å². The lowest BCUT2D eigenvalue weighted by molar-refractivity contribution is -0.0344. The number of nitrogens with zero attached hydrogens (tertiary/aromatic N) is 3. The van der Waals surface area contributed by atoms with Gasteiger partial charge in [-0.1, -0.05) is 5.16 Å². The zero-order chi connectivity index (χ0) is 12.8. The molecule has 7 heteroatoms. The number of nitrogens with two attached hydrogens (primary N) is 1. The van der Waals surface area contributed by atoms with Crippen LogP contribution in [0.4, 0.5) is 0 Å². The van der Waals surface area contributed by atoms with Gasteiger partial charge in [-0.15, -0.1) is 0 Å². The van der Waals surface area contributed by atoms with E-state index in [1.807, 2.05) is 0 Å². The molecule has 1 aliphatic heterocycles. The van der Waals surface area contributed by atoms with Crippen LogP contribution in [0.5, 0.6) is 0 Å². The zero-order valence-corrected chi connectivity index (χ0v) is 10.7. The average Bonchev–Trinajstić information content (AvgIpc) is 2.78. The molecule has 0 saturated carbocycles. The van der Waals surface area contributed by atoms with Gasteiger partial charge in [-0.3, -0.25) is 4.90 Å². The minimum absolute atomic E-state index is 0.217. The van der Waals surface area contributed by atoms with Crippen molar-refractivity contribution in [2.45, 2.75) is 25.7 Å². The number of aromatic nitrogens is 2. The summed E-state index contributed by atoms with van der Waals surface area (Å²) in [6, 6.07) is 0. The van der Waals surface area contributed by atoms with Crippen molar-refractivity contribution < 1.29 is 14.0 Å². The molecule has 1 aromatic rings. The lowest BCUT2D eigenvalue weighted by Gasteiger charge is -2.31. The van der Waals surface area contributed by atoms with Crippen molar-refractivity contribution in [2.24, 2.45) is 5.73 Å². The molecule has 102 valence electrons. The third-order valence-corrected chi connectivity index (χ3v) is 2.85. The van der Waals surface area contributed by atoms with E-state index in [1.165, 1.54) is 0 Å². The first-order valence-corrected chi connectivity index (χ1v) is 6.16. The van der Waals surface area contributed by atoms with Gasteiger partial charge in [0.15, 0.2) is 5.82 Å². The highest BCUT2D eigenvalue weighted by Gasteiger charge is 2.21. The summed E-state index contributed by atoms with van der Waals surface area (Å²) >= 11 is 0. The molecule has 0 aromatic carbocycles. The van der Waals surface area contributed by atoms with Gasteiger partial charge < -0.3 is 19.7 Å². The predicted octanol–water partition coefficient (Wildman–Crippen LogP) is -0.234. The van der Waals surface area contributed by atoms with E-state index in [0.717, 1.165) is 26.1 Å². The molecule has 2 rings (SSSR count). The SMILES string of the molecule is COCc1nc(CN2CCO[C@H](CCN)C2)no1. The average molecular weight is 256 g/mol. The minimum atomic E-state index is 0.217. The monoisotopic (exact) mass is 256 g/mol. The van der Waals surface area contributed by atoms with Gasteiger partial charge in [0.05, 0.1) is 19.3 Å². The van der Waals surface area contributed by atoms with E-state index in [4.69, 9.17) is 19.7 Å². The number of methoxy groups -OCH3 is 1. The molecule has 0 amide bonds. The van der Waals surface area contributed by atoms with E-state index in [9.17, 15) is 0 Å². The Bertz CT molecular complexity index is 356. The van der Waals surface area contributed by atoms with Crippen LogP contribution in [0.3, 0.4) is 0 Å². The summed E-state index contributed by atoms with van der Waals surface area (Å²) in [5.41, 5.74) is 5.54. The topological polar surface area (TPSA) is 86.6 Å². The third kappa shape index (κ3) is 3.74. The fraction of sp³-hybridized carbons (Fsp3) is 0.818. The zero-order valence-electron chi connectivity index (χ0n) is 10.7. The van der Waals surface area contributed by atoms with Crippen LogP contribution < -0.4 is 5.73 Å². The highest BCUT2D eigenvalue weighted by molar-refractivity contribution is 4.86. The van der Waals surface area contributed by atoms with E-state index < -0.39 is 0 Å². The summed E-state index contributed by atoms with van der Waals surface area (Å²) in [4.78, 5) is 6.51. The molecule has 0 radical (unpaired) electrons. The second-order valence-electron chi connectivity index (χ2n) is 4.34. The van der Waals surface area contributed by atoms with Gasteiger partial charge in [0.2, 0.25) is 0 Å². The summed E-state index contributed by atoms with van der Waals surface area (Å²) in [6.45, 7) is 4.16. The molecule has 0 aliphatic carbocycles. The van der Waals surface area contributed by atoms with Crippen molar-refractivity contribution in [3.05, 3.63) is 11.7 Å². The number of morpholine rings is 1. The normalized spacial score (nSPS) is 21.3. The van der Waals surface area contributed by atoms with Crippen molar-refractivity contribution in [1.82, 2.24) is 15.0 Å². The Morgan fingerprint density at radius 2 is 2.44 bits per heavy atom. The highest BCUT2D eigenvalue weighted by Crippen LogP contribution is 2.11. The van der Waals surface area contributed by atoms with Gasteiger partial charge in [-0.25, -0.2) is 0 Å². The molecule has 1 aliphatic rings. The molecule has 1 aromatic heterocycles. The van der Waals surface area contributed by atoms with Crippen molar-refractivity contribution in [3.8, 4) is 0 Å². The van der Waals surface area contributed by atoms with E-state index in [1.54, 1.807) is 7.11 Å². The molecule has 1 fully saturated rings. The van der Waals surface area contributed by atoms with E-state index in [-0.39, 0.29) is 6.10 Å². The molecule has 7 nitrogen and oxygen atoms in total. The van der Waals surface area contributed by atoms with Crippen LogP contribution in [0.2, 0.25) is 0 Å². The van der Waals surface area contributed by atoms with Crippen LogP contribution in [0.1, 0.15) is 18.1 Å². The van der Waals surface area contributed by atoms with Crippen molar-refractivity contribution >= 4 is 0 Å². The largest absolute Gasteiger partial charge is 0.376 e. The van der Waals surface area contributed by atoms with E-state index >= 15 is 0 Å².